The summed E-state index contributed by atoms with van der Waals surface area (Å²) >= 11 is 0. The van der Waals surface area contributed by atoms with Gasteiger partial charge in [0, 0.05) is 23.5 Å². The Kier molecular flexibility index (Phi) is 5.07. The summed E-state index contributed by atoms with van der Waals surface area (Å²) in [5.41, 5.74) is 3.22. The van der Waals surface area contributed by atoms with Crippen LogP contribution < -0.4 is 4.90 Å². The molecule has 0 atom stereocenters. The number of nitrogens with zero attached hydrogens (tertiary/aromatic N) is 2. The highest BCUT2D eigenvalue weighted by atomic mass is 19.4. The minimum absolute atomic E-state index is 0.0858. The predicted molar refractivity (Wildman–Crippen MR) is 102 cm³/mol. The fourth-order valence-electron chi connectivity index (χ4n) is 3.27. The zero-order valence-electron chi connectivity index (χ0n) is 15.3. The van der Waals surface area contributed by atoms with Crippen molar-refractivity contribution in [3.05, 3.63) is 83.7 Å². The largest absolute Gasteiger partial charge is 0.416 e. The number of hydrogen-bond acceptors (Lipinski definition) is 3. The highest BCUT2D eigenvalue weighted by Crippen LogP contribution is 2.32. The Bertz CT molecular complexity index is 1020. The van der Waals surface area contributed by atoms with Gasteiger partial charge in [-0.05, 0) is 35.4 Å². The van der Waals surface area contributed by atoms with E-state index >= 15 is 0 Å². The summed E-state index contributed by atoms with van der Waals surface area (Å²) in [6.45, 7) is 0.360. The maximum absolute atomic E-state index is 12.8. The number of anilines is 1. The van der Waals surface area contributed by atoms with Crippen LogP contribution in [0.3, 0.4) is 0 Å². The summed E-state index contributed by atoms with van der Waals surface area (Å²) in [5.74, 6) is -0.244. The molecule has 0 bridgehead atoms. The van der Waals surface area contributed by atoms with Crippen molar-refractivity contribution in [3.8, 4) is 11.1 Å². The Morgan fingerprint density at radius 3 is 2.48 bits per heavy atom. The highest BCUT2D eigenvalue weighted by Gasteiger charge is 2.30. The first-order valence-electron chi connectivity index (χ1n) is 8.99. The number of carbonyl (C=O) groups is 1. The predicted octanol–water partition coefficient (Wildman–Crippen LogP) is 4.83. The van der Waals surface area contributed by atoms with Crippen molar-refractivity contribution in [3.63, 3.8) is 0 Å². The van der Waals surface area contributed by atoms with Crippen LogP contribution in [0.15, 0.2) is 67.0 Å². The number of ether oxygens (including phenoxy) is 1. The van der Waals surface area contributed by atoms with Gasteiger partial charge in [0.1, 0.15) is 6.61 Å². The molecule has 0 fully saturated rings. The Labute approximate surface area is 165 Å². The summed E-state index contributed by atoms with van der Waals surface area (Å²) < 4.78 is 43.9. The van der Waals surface area contributed by atoms with E-state index in [4.69, 9.17) is 4.74 Å². The maximum Gasteiger partial charge on any atom is 0.416 e. The molecule has 2 heterocycles. The van der Waals surface area contributed by atoms with Crippen LogP contribution in [0, 0.1) is 0 Å². The molecule has 1 aliphatic rings. The monoisotopic (exact) mass is 398 g/mol. The molecule has 0 N–H and O–H groups in total. The number of pyridine rings is 1. The van der Waals surface area contributed by atoms with E-state index in [2.05, 4.69) is 4.98 Å². The summed E-state index contributed by atoms with van der Waals surface area (Å²) in [7, 11) is 0. The SMILES string of the molecule is O=C1COCc2ccc(-c3cccnc3)cc2N1Cc1ccc(C(F)(F)F)cc1. The minimum Gasteiger partial charge on any atom is -0.367 e. The lowest BCUT2D eigenvalue weighted by atomic mass is 10.0. The number of amides is 1. The van der Waals surface area contributed by atoms with Crippen molar-refractivity contribution in [1.29, 1.82) is 0 Å². The first-order valence-corrected chi connectivity index (χ1v) is 8.99. The van der Waals surface area contributed by atoms with Crippen molar-refractivity contribution in [2.75, 3.05) is 11.5 Å². The van der Waals surface area contributed by atoms with E-state index < -0.39 is 11.7 Å². The van der Waals surface area contributed by atoms with Crippen LogP contribution in [0.4, 0.5) is 18.9 Å². The van der Waals surface area contributed by atoms with Gasteiger partial charge in [-0.3, -0.25) is 9.78 Å². The summed E-state index contributed by atoms with van der Waals surface area (Å²) in [6.07, 6.45) is -0.978. The van der Waals surface area contributed by atoms with Crippen molar-refractivity contribution in [2.24, 2.45) is 0 Å². The number of hydrogen-bond donors (Lipinski definition) is 0. The minimum atomic E-state index is -4.39. The van der Waals surface area contributed by atoms with Crippen LogP contribution in [0.5, 0.6) is 0 Å². The van der Waals surface area contributed by atoms with Gasteiger partial charge in [0.2, 0.25) is 0 Å². The molecule has 0 aliphatic carbocycles. The number of alkyl halides is 3. The van der Waals surface area contributed by atoms with Gasteiger partial charge in [0.25, 0.3) is 5.91 Å². The van der Waals surface area contributed by atoms with Crippen molar-refractivity contribution >= 4 is 11.6 Å². The molecule has 148 valence electrons. The summed E-state index contributed by atoms with van der Waals surface area (Å²) in [4.78, 5) is 18.3. The van der Waals surface area contributed by atoms with Crippen LogP contribution in [0.25, 0.3) is 11.1 Å². The third-order valence-corrected chi connectivity index (χ3v) is 4.78. The van der Waals surface area contributed by atoms with Crippen LogP contribution >= 0.6 is 0 Å². The van der Waals surface area contributed by atoms with Gasteiger partial charge in [-0.25, -0.2) is 0 Å². The lowest BCUT2D eigenvalue weighted by molar-refractivity contribution is -0.137. The molecule has 0 unspecified atom stereocenters. The average Bonchev–Trinajstić information content (AvgIpc) is 2.87. The third-order valence-electron chi connectivity index (χ3n) is 4.78. The molecule has 4 nitrogen and oxygen atoms in total. The van der Waals surface area contributed by atoms with Gasteiger partial charge in [-0.1, -0.05) is 30.3 Å². The van der Waals surface area contributed by atoms with Crippen LogP contribution in [0.2, 0.25) is 0 Å². The molecular formula is C22H17F3N2O2. The van der Waals surface area contributed by atoms with E-state index in [9.17, 15) is 18.0 Å². The lowest BCUT2D eigenvalue weighted by Gasteiger charge is -2.23. The van der Waals surface area contributed by atoms with Gasteiger partial charge in [-0.15, -0.1) is 0 Å². The summed E-state index contributed by atoms with van der Waals surface area (Å²) in [5, 5.41) is 0. The van der Waals surface area contributed by atoms with Crippen LogP contribution in [-0.4, -0.2) is 17.5 Å². The smallest absolute Gasteiger partial charge is 0.367 e. The van der Waals surface area contributed by atoms with E-state index in [0.29, 0.717) is 11.3 Å². The molecular weight excluding hydrogens is 381 g/mol. The van der Waals surface area contributed by atoms with Gasteiger partial charge >= 0.3 is 6.18 Å². The number of aromatic nitrogens is 1. The lowest BCUT2D eigenvalue weighted by Crippen LogP contribution is -2.32. The molecule has 1 amide bonds. The van der Waals surface area contributed by atoms with E-state index in [1.54, 1.807) is 17.3 Å². The summed E-state index contributed by atoms with van der Waals surface area (Å²) in [6, 6.07) is 14.3. The standard InChI is InChI=1S/C22H17F3N2O2/c23-22(24,25)19-7-3-15(4-8-19)12-27-20-10-16(17-2-1-9-26-11-17)5-6-18(20)13-29-14-21(27)28/h1-11H,12-14H2. The first-order chi connectivity index (χ1) is 13.9. The molecule has 0 radical (unpaired) electrons. The zero-order valence-corrected chi connectivity index (χ0v) is 15.3. The Morgan fingerprint density at radius 1 is 1.00 bits per heavy atom. The van der Waals surface area contributed by atoms with Crippen LogP contribution in [0.1, 0.15) is 16.7 Å². The van der Waals surface area contributed by atoms with E-state index in [1.165, 1.54) is 12.1 Å². The van der Waals surface area contributed by atoms with Gasteiger partial charge in [0.05, 0.1) is 24.4 Å². The van der Waals surface area contributed by atoms with E-state index in [1.807, 2.05) is 30.3 Å². The molecule has 4 rings (SSSR count). The Balaban J connectivity index is 1.69. The molecule has 3 aromatic rings. The van der Waals surface area contributed by atoms with E-state index in [0.717, 1.165) is 28.8 Å². The normalized spacial score (nSPS) is 14.4. The Hall–Kier alpha value is -3.19. The average molecular weight is 398 g/mol. The topological polar surface area (TPSA) is 42.4 Å². The molecule has 0 spiro atoms. The Morgan fingerprint density at radius 2 is 1.79 bits per heavy atom. The molecule has 29 heavy (non-hydrogen) atoms. The van der Waals surface area contributed by atoms with Crippen LogP contribution in [-0.2, 0) is 28.9 Å². The van der Waals surface area contributed by atoms with Gasteiger partial charge < -0.3 is 9.64 Å². The quantitative estimate of drug-likeness (QED) is 0.635. The van der Waals surface area contributed by atoms with Crippen molar-refractivity contribution in [1.82, 2.24) is 4.98 Å². The maximum atomic E-state index is 12.8. The number of carbonyl (C=O) groups excluding carboxylic acids is 1. The molecule has 7 heteroatoms. The first kappa shape index (κ1) is 19.1. The number of benzene rings is 2. The molecule has 1 aromatic heterocycles. The fourth-order valence-corrected chi connectivity index (χ4v) is 3.27. The molecule has 0 saturated carbocycles. The highest BCUT2D eigenvalue weighted by molar-refractivity contribution is 5.96. The number of fused-ring (bicyclic) bond motifs is 1. The zero-order chi connectivity index (χ0) is 20.4. The molecule has 0 saturated heterocycles. The van der Waals surface area contributed by atoms with Crippen molar-refractivity contribution < 1.29 is 22.7 Å². The fraction of sp³-hybridized carbons (Fsp3) is 0.182. The second-order valence-corrected chi connectivity index (χ2v) is 6.75. The van der Waals surface area contributed by atoms with Crippen molar-refractivity contribution in [2.45, 2.75) is 19.3 Å². The second-order valence-electron chi connectivity index (χ2n) is 6.75. The van der Waals surface area contributed by atoms with Gasteiger partial charge in [-0.2, -0.15) is 13.2 Å². The molecule has 2 aromatic carbocycles. The second kappa shape index (κ2) is 7.67. The molecule has 1 aliphatic heterocycles. The van der Waals surface area contributed by atoms with E-state index in [-0.39, 0.29) is 25.7 Å². The third kappa shape index (κ3) is 4.14. The van der Waals surface area contributed by atoms with Gasteiger partial charge in [0.15, 0.2) is 0 Å². The number of halogens is 3. The number of rotatable bonds is 3.